The van der Waals surface area contributed by atoms with Crippen LogP contribution in [0.2, 0.25) is 0 Å². The monoisotopic (exact) mass is 411 g/mol. The highest BCUT2D eigenvalue weighted by Crippen LogP contribution is 2.39. The molecule has 1 aliphatic heterocycles. The minimum Gasteiger partial charge on any atom is -0.358 e. The van der Waals surface area contributed by atoms with Gasteiger partial charge in [0, 0.05) is 13.1 Å². The van der Waals surface area contributed by atoms with Gasteiger partial charge in [0.1, 0.15) is 11.4 Å². The first kappa shape index (κ1) is 21.6. The summed E-state index contributed by atoms with van der Waals surface area (Å²) in [6.45, 7) is 4.03. The minimum atomic E-state index is -3.20. The smallest absolute Gasteiger partial charge is 0.253 e. The van der Waals surface area contributed by atoms with E-state index in [-0.39, 0.29) is 11.9 Å². The number of rotatable bonds is 7. The predicted octanol–water partition coefficient (Wildman–Crippen LogP) is 3.12. The molecule has 7 heteroatoms. The molecule has 2 aliphatic carbocycles. The summed E-state index contributed by atoms with van der Waals surface area (Å²) in [5.41, 5.74) is -0.569. The molecule has 2 saturated carbocycles. The summed E-state index contributed by atoms with van der Waals surface area (Å²) in [5, 5.41) is 3.46. The summed E-state index contributed by atoms with van der Waals surface area (Å²) < 4.78 is 26.0. The maximum absolute atomic E-state index is 13.2. The predicted molar refractivity (Wildman–Crippen MR) is 112 cm³/mol. The zero-order valence-electron chi connectivity index (χ0n) is 17.5. The second-order valence-electron chi connectivity index (χ2n) is 9.38. The SMILES string of the molecule is C=C1N[C@](CCC2CCCCC2)(C[C@H]2CCC[C@@H](NS(C)(=O)=O)C2)C(=O)N1C. The van der Waals surface area contributed by atoms with Crippen LogP contribution in [0.5, 0.6) is 0 Å². The molecule has 3 fully saturated rings. The average molecular weight is 412 g/mol. The zero-order chi connectivity index (χ0) is 20.4. The molecule has 3 aliphatic rings. The van der Waals surface area contributed by atoms with E-state index in [1.54, 1.807) is 11.9 Å². The molecule has 0 unspecified atom stereocenters. The lowest BCUT2D eigenvalue weighted by atomic mass is 9.74. The molecule has 160 valence electrons. The molecule has 2 N–H and O–H groups in total. The highest BCUT2D eigenvalue weighted by molar-refractivity contribution is 7.88. The van der Waals surface area contributed by atoms with Gasteiger partial charge < -0.3 is 10.2 Å². The first-order valence-electron chi connectivity index (χ1n) is 10.9. The van der Waals surface area contributed by atoms with Gasteiger partial charge in [-0.05, 0) is 43.9 Å². The Bertz CT molecular complexity index is 687. The molecule has 0 spiro atoms. The third-order valence-electron chi connectivity index (χ3n) is 7.01. The van der Waals surface area contributed by atoms with E-state index in [1.165, 1.54) is 38.4 Å². The third-order valence-corrected chi connectivity index (χ3v) is 7.77. The Morgan fingerprint density at radius 1 is 1.14 bits per heavy atom. The number of sulfonamides is 1. The maximum Gasteiger partial charge on any atom is 0.253 e. The van der Waals surface area contributed by atoms with Crippen molar-refractivity contribution < 1.29 is 13.2 Å². The summed E-state index contributed by atoms with van der Waals surface area (Å²) in [6, 6.07) is -0.0124. The van der Waals surface area contributed by atoms with Crippen molar-refractivity contribution >= 4 is 15.9 Å². The first-order chi connectivity index (χ1) is 13.2. The van der Waals surface area contributed by atoms with Crippen LogP contribution in [0.4, 0.5) is 0 Å². The molecule has 1 saturated heterocycles. The molecule has 1 amide bonds. The molecule has 0 aromatic rings. The molecule has 3 rings (SSSR count). The van der Waals surface area contributed by atoms with Crippen LogP contribution in [-0.4, -0.2) is 44.1 Å². The van der Waals surface area contributed by atoms with Crippen LogP contribution in [-0.2, 0) is 14.8 Å². The van der Waals surface area contributed by atoms with E-state index in [1.807, 2.05) is 0 Å². The number of likely N-dealkylation sites (N-methyl/N-ethyl adjacent to an activating group) is 1. The van der Waals surface area contributed by atoms with E-state index in [2.05, 4.69) is 16.6 Å². The summed E-state index contributed by atoms with van der Waals surface area (Å²) >= 11 is 0. The lowest BCUT2D eigenvalue weighted by Crippen LogP contribution is -2.49. The summed E-state index contributed by atoms with van der Waals surface area (Å²) in [7, 11) is -1.40. The third kappa shape index (κ3) is 5.29. The van der Waals surface area contributed by atoms with Crippen LogP contribution in [0.1, 0.15) is 77.0 Å². The zero-order valence-corrected chi connectivity index (χ0v) is 18.3. The lowest BCUT2D eigenvalue weighted by Gasteiger charge is -2.36. The summed E-state index contributed by atoms with van der Waals surface area (Å²) in [5.74, 6) is 1.89. The highest BCUT2D eigenvalue weighted by atomic mass is 32.2. The molecular weight excluding hydrogens is 374 g/mol. The fraction of sp³-hybridized carbons (Fsp3) is 0.857. The number of hydrogen-bond donors (Lipinski definition) is 2. The highest BCUT2D eigenvalue weighted by Gasteiger charge is 2.48. The van der Waals surface area contributed by atoms with Crippen LogP contribution < -0.4 is 10.0 Å². The van der Waals surface area contributed by atoms with Gasteiger partial charge in [-0.15, -0.1) is 0 Å². The van der Waals surface area contributed by atoms with Gasteiger partial charge >= 0.3 is 0 Å². The number of amides is 1. The van der Waals surface area contributed by atoms with Crippen molar-refractivity contribution in [3.05, 3.63) is 12.4 Å². The molecule has 0 bridgehead atoms. The molecule has 1 heterocycles. The van der Waals surface area contributed by atoms with E-state index in [9.17, 15) is 13.2 Å². The second kappa shape index (κ2) is 8.74. The topological polar surface area (TPSA) is 78.5 Å². The molecule has 6 nitrogen and oxygen atoms in total. The van der Waals surface area contributed by atoms with Gasteiger partial charge in [0.25, 0.3) is 5.91 Å². The molecular formula is C21H37N3O3S. The van der Waals surface area contributed by atoms with Crippen molar-refractivity contribution in [2.45, 2.75) is 88.6 Å². The van der Waals surface area contributed by atoms with Gasteiger partial charge in [-0.3, -0.25) is 4.79 Å². The number of carbonyl (C=O) groups excluding carboxylic acids is 1. The van der Waals surface area contributed by atoms with Crippen LogP contribution in [0, 0.1) is 11.8 Å². The van der Waals surface area contributed by atoms with Crippen LogP contribution in [0.25, 0.3) is 0 Å². The van der Waals surface area contributed by atoms with Gasteiger partial charge in [-0.1, -0.05) is 51.5 Å². The number of hydrogen-bond acceptors (Lipinski definition) is 4. The summed E-state index contributed by atoms with van der Waals surface area (Å²) in [4.78, 5) is 14.8. The van der Waals surface area contributed by atoms with Crippen LogP contribution in [0.15, 0.2) is 12.4 Å². The Kier molecular flexibility index (Phi) is 6.75. The van der Waals surface area contributed by atoms with E-state index in [0.717, 1.165) is 50.9 Å². The molecule has 0 radical (unpaired) electrons. The van der Waals surface area contributed by atoms with E-state index in [4.69, 9.17) is 0 Å². The van der Waals surface area contributed by atoms with Gasteiger partial charge in [-0.2, -0.15) is 0 Å². The van der Waals surface area contributed by atoms with Crippen molar-refractivity contribution in [2.24, 2.45) is 11.8 Å². The van der Waals surface area contributed by atoms with Crippen molar-refractivity contribution in [3.8, 4) is 0 Å². The molecule has 28 heavy (non-hydrogen) atoms. The lowest BCUT2D eigenvalue weighted by molar-refractivity contribution is -0.132. The van der Waals surface area contributed by atoms with Crippen molar-refractivity contribution in [1.29, 1.82) is 0 Å². The first-order valence-corrected chi connectivity index (χ1v) is 12.8. The Morgan fingerprint density at radius 2 is 1.82 bits per heavy atom. The van der Waals surface area contributed by atoms with Gasteiger partial charge in [0.15, 0.2) is 0 Å². The van der Waals surface area contributed by atoms with E-state index >= 15 is 0 Å². The number of nitrogens with zero attached hydrogens (tertiary/aromatic N) is 1. The molecule has 3 atom stereocenters. The van der Waals surface area contributed by atoms with Gasteiger partial charge in [0.05, 0.1) is 6.26 Å². The Hall–Kier alpha value is -1.08. The largest absolute Gasteiger partial charge is 0.358 e. The average Bonchev–Trinajstić information content (AvgIpc) is 2.84. The van der Waals surface area contributed by atoms with Crippen molar-refractivity contribution in [2.75, 3.05) is 13.3 Å². The second-order valence-corrected chi connectivity index (χ2v) is 11.2. The Morgan fingerprint density at radius 3 is 2.43 bits per heavy atom. The quantitative estimate of drug-likeness (QED) is 0.675. The van der Waals surface area contributed by atoms with E-state index in [0.29, 0.717) is 11.7 Å². The fourth-order valence-electron chi connectivity index (χ4n) is 5.57. The number of carbonyl (C=O) groups is 1. The molecule has 0 aromatic heterocycles. The van der Waals surface area contributed by atoms with Crippen molar-refractivity contribution in [1.82, 2.24) is 14.9 Å². The minimum absolute atomic E-state index is 0.0124. The van der Waals surface area contributed by atoms with Crippen LogP contribution >= 0.6 is 0 Å². The van der Waals surface area contributed by atoms with Gasteiger partial charge in [-0.25, -0.2) is 13.1 Å². The standard InChI is InChI=1S/C21H37N3O3S/c1-16-22-21(20(25)24(16)2,13-12-17-8-5-4-6-9-17)15-18-10-7-11-19(14-18)23-28(3,26)27/h17-19,22-23H,1,4-15H2,2-3H3/t18-,19+,21+/m0/s1. The fourth-order valence-corrected chi connectivity index (χ4v) is 6.39. The van der Waals surface area contributed by atoms with E-state index < -0.39 is 15.6 Å². The van der Waals surface area contributed by atoms with Crippen LogP contribution in [0.3, 0.4) is 0 Å². The number of nitrogens with one attached hydrogen (secondary N) is 2. The Balaban J connectivity index is 1.68. The van der Waals surface area contributed by atoms with Crippen molar-refractivity contribution in [3.63, 3.8) is 0 Å². The Labute approximate surface area is 170 Å². The maximum atomic E-state index is 13.2. The summed E-state index contributed by atoms with van der Waals surface area (Å²) in [6.07, 6.45) is 14.2. The molecule has 0 aromatic carbocycles. The van der Waals surface area contributed by atoms with Gasteiger partial charge in [0.2, 0.25) is 10.0 Å². The normalized spacial score (nSPS) is 32.6.